The molecule has 1 heterocycles. The molecule has 1 fully saturated rings. The number of carbonyl (C=O) groups is 1. The molecule has 0 spiro atoms. The van der Waals surface area contributed by atoms with E-state index in [9.17, 15) is 4.79 Å². The Morgan fingerprint density at radius 1 is 1.57 bits per heavy atom. The second kappa shape index (κ2) is 4.11. The molecule has 1 aromatic carbocycles. The maximum absolute atomic E-state index is 11.6. The molecule has 0 aliphatic carbocycles. The fourth-order valence-corrected chi connectivity index (χ4v) is 1.60. The molecule has 1 amide bonds. The summed E-state index contributed by atoms with van der Waals surface area (Å²) < 4.78 is 5.81. The van der Waals surface area contributed by atoms with E-state index in [1.807, 2.05) is 18.2 Å². The lowest BCUT2D eigenvalue weighted by molar-refractivity contribution is 0.0949. The molecule has 74 valence electrons. The zero-order valence-electron chi connectivity index (χ0n) is 7.50. The second-order valence-corrected chi connectivity index (χ2v) is 4.00. The molecule has 1 atom stereocenters. The highest BCUT2D eigenvalue weighted by atomic mass is 79.9. The van der Waals surface area contributed by atoms with Crippen LogP contribution in [0.25, 0.3) is 0 Å². The number of nitrogens with one attached hydrogen (secondary N) is 1. The minimum atomic E-state index is -0.0621. The van der Waals surface area contributed by atoms with Gasteiger partial charge in [0.2, 0.25) is 0 Å². The number of epoxide rings is 1. The van der Waals surface area contributed by atoms with Gasteiger partial charge in [-0.15, -0.1) is 0 Å². The number of hydrogen-bond acceptors (Lipinski definition) is 2. The van der Waals surface area contributed by atoms with E-state index in [0.717, 1.165) is 11.1 Å². The first-order chi connectivity index (χ1) is 6.77. The van der Waals surface area contributed by atoms with E-state index in [-0.39, 0.29) is 12.0 Å². The van der Waals surface area contributed by atoms with E-state index < -0.39 is 0 Å². The largest absolute Gasteiger partial charge is 0.371 e. The minimum Gasteiger partial charge on any atom is -0.371 e. The van der Waals surface area contributed by atoms with E-state index in [1.165, 1.54) is 0 Å². The second-order valence-electron chi connectivity index (χ2n) is 3.15. The number of halogens is 1. The van der Waals surface area contributed by atoms with Gasteiger partial charge in [0, 0.05) is 11.0 Å². The first-order valence-electron chi connectivity index (χ1n) is 4.41. The van der Waals surface area contributed by atoms with Crippen LogP contribution >= 0.6 is 15.9 Å². The van der Waals surface area contributed by atoms with E-state index in [1.54, 1.807) is 6.07 Å². The van der Waals surface area contributed by atoms with Crippen molar-refractivity contribution in [2.45, 2.75) is 6.10 Å². The number of benzene rings is 1. The summed E-state index contributed by atoms with van der Waals surface area (Å²) in [7, 11) is 0. The normalized spacial score (nSPS) is 19.1. The van der Waals surface area contributed by atoms with Crippen molar-refractivity contribution in [1.82, 2.24) is 5.32 Å². The van der Waals surface area contributed by atoms with Crippen molar-refractivity contribution >= 4 is 21.8 Å². The van der Waals surface area contributed by atoms with E-state index in [2.05, 4.69) is 21.2 Å². The summed E-state index contributed by atoms with van der Waals surface area (Å²) in [4.78, 5) is 11.6. The Morgan fingerprint density at radius 3 is 2.93 bits per heavy atom. The van der Waals surface area contributed by atoms with Gasteiger partial charge in [-0.2, -0.15) is 0 Å². The zero-order valence-corrected chi connectivity index (χ0v) is 9.08. The molecule has 1 aliphatic heterocycles. The van der Waals surface area contributed by atoms with Crippen molar-refractivity contribution in [1.29, 1.82) is 0 Å². The van der Waals surface area contributed by atoms with Crippen molar-refractivity contribution in [3.05, 3.63) is 34.3 Å². The smallest absolute Gasteiger partial charge is 0.252 e. The van der Waals surface area contributed by atoms with Gasteiger partial charge in [-0.05, 0) is 28.1 Å². The van der Waals surface area contributed by atoms with Crippen LogP contribution in [0.1, 0.15) is 10.4 Å². The zero-order chi connectivity index (χ0) is 9.97. The highest BCUT2D eigenvalue weighted by molar-refractivity contribution is 9.10. The Kier molecular flexibility index (Phi) is 2.84. The van der Waals surface area contributed by atoms with Gasteiger partial charge in [0.25, 0.3) is 5.91 Å². The van der Waals surface area contributed by atoms with Crippen LogP contribution in [0.15, 0.2) is 28.7 Å². The van der Waals surface area contributed by atoms with Gasteiger partial charge in [-0.1, -0.05) is 12.1 Å². The number of ether oxygens (including phenoxy) is 1. The van der Waals surface area contributed by atoms with Crippen molar-refractivity contribution < 1.29 is 9.53 Å². The maximum Gasteiger partial charge on any atom is 0.252 e. The lowest BCUT2D eigenvalue weighted by atomic mass is 10.2. The molecule has 4 heteroatoms. The van der Waals surface area contributed by atoms with Crippen molar-refractivity contribution in [2.75, 3.05) is 13.2 Å². The molecule has 1 aromatic rings. The van der Waals surface area contributed by atoms with Gasteiger partial charge in [0.1, 0.15) is 0 Å². The fourth-order valence-electron chi connectivity index (χ4n) is 1.13. The number of rotatable bonds is 3. The van der Waals surface area contributed by atoms with Crippen molar-refractivity contribution in [3.8, 4) is 0 Å². The Bertz CT molecular complexity index is 350. The predicted molar refractivity (Wildman–Crippen MR) is 56.2 cm³/mol. The fraction of sp³-hybridized carbons (Fsp3) is 0.300. The molecule has 0 aromatic heterocycles. The third kappa shape index (κ3) is 2.33. The Morgan fingerprint density at radius 2 is 2.29 bits per heavy atom. The summed E-state index contributed by atoms with van der Waals surface area (Å²) in [5, 5.41) is 2.81. The average Bonchev–Trinajstić information content (AvgIpc) is 2.98. The summed E-state index contributed by atoms with van der Waals surface area (Å²) in [5.41, 5.74) is 0.660. The average molecular weight is 256 g/mol. The third-order valence-corrected chi connectivity index (χ3v) is 2.70. The van der Waals surface area contributed by atoms with E-state index in [0.29, 0.717) is 12.1 Å². The van der Waals surface area contributed by atoms with Crippen LogP contribution in [0.3, 0.4) is 0 Å². The van der Waals surface area contributed by atoms with Crippen molar-refractivity contribution in [3.63, 3.8) is 0 Å². The first kappa shape index (κ1) is 9.68. The minimum absolute atomic E-state index is 0.0621. The molecule has 0 saturated carbocycles. The molecule has 1 aliphatic rings. The lowest BCUT2D eigenvalue weighted by Crippen LogP contribution is -2.27. The maximum atomic E-state index is 11.6. The van der Waals surface area contributed by atoms with Crippen molar-refractivity contribution in [2.24, 2.45) is 0 Å². The molecule has 14 heavy (non-hydrogen) atoms. The first-order valence-corrected chi connectivity index (χ1v) is 5.21. The van der Waals surface area contributed by atoms with Crippen LogP contribution in [0.2, 0.25) is 0 Å². The molecule has 0 unspecified atom stereocenters. The number of amides is 1. The Hall–Kier alpha value is -0.870. The van der Waals surface area contributed by atoms with Crippen LogP contribution in [0.5, 0.6) is 0 Å². The number of hydrogen-bond donors (Lipinski definition) is 1. The molecule has 1 N–H and O–H groups in total. The van der Waals surface area contributed by atoms with E-state index in [4.69, 9.17) is 4.74 Å². The van der Waals surface area contributed by atoms with Gasteiger partial charge < -0.3 is 10.1 Å². The Balaban J connectivity index is 1.98. The van der Waals surface area contributed by atoms with Crippen LogP contribution in [0.4, 0.5) is 0 Å². The lowest BCUT2D eigenvalue weighted by Gasteiger charge is -2.04. The van der Waals surface area contributed by atoms with E-state index >= 15 is 0 Å². The van der Waals surface area contributed by atoms with Gasteiger partial charge in [-0.3, -0.25) is 4.79 Å². The molecule has 0 bridgehead atoms. The van der Waals surface area contributed by atoms with Crippen LogP contribution in [-0.4, -0.2) is 25.2 Å². The predicted octanol–water partition coefficient (Wildman–Crippen LogP) is 1.58. The van der Waals surface area contributed by atoms with Crippen LogP contribution in [-0.2, 0) is 4.74 Å². The van der Waals surface area contributed by atoms with Gasteiger partial charge in [-0.25, -0.2) is 0 Å². The quantitative estimate of drug-likeness (QED) is 0.834. The SMILES string of the molecule is O=C(NC[C@@H]1CO1)c1ccccc1Br. The monoisotopic (exact) mass is 255 g/mol. The molecular weight excluding hydrogens is 246 g/mol. The number of carbonyl (C=O) groups excluding carboxylic acids is 1. The Labute approximate surface area is 90.6 Å². The molecule has 3 nitrogen and oxygen atoms in total. The summed E-state index contributed by atoms with van der Waals surface area (Å²) >= 11 is 3.33. The topological polar surface area (TPSA) is 41.6 Å². The molecular formula is C10H10BrNO2. The highest BCUT2D eigenvalue weighted by Crippen LogP contribution is 2.15. The van der Waals surface area contributed by atoms with Gasteiger partial charge in [0.05, 0.1) is 18.3 Å². The summed E-state index contributed by atoms with van der Waals surface area (Å²) in [6.07, 6.45) is 0.224. The summed E-state index contributed by atoms with van der Waals surface area (Å²) in [6.45, 7) is 1.36. The summed E-state index contributed by atoms with van der Waals surface area (Å²) in [6, 6.07) is 7.36. The van der Waals surface area contributed by atoms with Gasteiger partial charge in [0.15, 0.2) is 0 Å². The van der Waals surface area contributed by atoms with Crippen LogP contribution < -0.4 is 5.32 Å². The third-order valence-electron chi connectivity index (χ3n) is 2.01. The van der Waals surface area contributed by atoms with Gasteiger partial charge >= 0.3 is 0 Å². The standard InChI is InChI=1S/C10H10BrNO2/c11-9-4-2-1-3-8(9)10(13)12-5-7-6-14-7/h1-4,7H,5-6H2,(H,12,13)/t7-/m1/s1. The highest BCUT2D eigenvalue weighted by Gasteiger charge is 2.23. The molecule has 1 saturated heterocycles. The molecule has 0 radical (unpaired) electrons. The molecule has 2 rings (SSSR count). The summed E-state index contributed by atoms with van der Waals surface area (Å²) in [5.74, 6) is -0.0621. The van der Waals surface area contributed by atoms with Crippen LogP contribution in [0, 0.1) is 0 Å².